The van der Waals surface area contributed by atoms with Gasteiger partial charge in [0.05, 0.1) is 17.6 Å². The van der Waals surface area contributed by atoms with E-state index in [9.17, 15) is 8.42 Å². The van der Waals surface area contributed by atoms with Crippen LogP contribution >= 0.6 is 11.6 Å². The standard InChI is InChI=1S/C20H15ClN2O5S/c1-26-17-5-3-2-4-16(17)19-22-20(28-23-19)18-11-8-14(27-18)12-29(24,25)15-9-6-13(21)7-10-15/h2-11H,12H2,1H3. The summed E-state index contributed by atoms with van der Waals surface area (Å²) >= 11 is 5.81. The topological polar surface area (TPSA) is 95.4 Å². The van der Waals surface area contributed by atoms with Crippen molar-refractivity contribution in [2.24, 2.45) is 0 Å². The van der Waals surface area contributed by atoms with Crippen LogP contribution in [0.4, 0.5) is 0 Å². The lowest BCUT2D eigenvalue weighted by molar-refractivity contribution is 0.408. The van der Waals surface area contributed by atoms with Gasteiger partial charge in [-0.2, -0.15) is 4.98 Å². The Hall–Kier alpha value is -3.10. The molecule has 7 nitrogen and oxygen atoms in total. The molecule has 2 aromatic heterocycles. The van der Waals surface area contributed by atoms with Gasteiger partial charge in [-0.15, -0.1) is 0 Å². The number of ether oxygens (including phenoxy) is 1. The van der Waals surface area contributed by atoms with Crippen LogP contribution in [0.25, 0.3) is 23.0 Å². The van der Waals surface area contributed by atoms with E-state index in [2.05, 4.69) is 10.1 Å². The summed E-state index contributed by atoms with van der Waals surface area (Å²) in [5, 5.41) is 4.42. The van der Waals surface area contributed by atoms with Gasteiger partial charge in [-0.25, -0.2) is 8.42 Å². The summed E-state index contributed by atoms with van der Waals surface area (Å²) in [7, 11) is -2.03. The zero-order valence-corrected chi connectivity index (χ0v) is 16.8. The van der Waals surface area contributed by atoms with Crippen LogP contribution in [0, 0.1) is 0 Å². The Kier molecular flexibility index (Phi) is 5.12. The highest BCUT2D eigenvalue weighted by atomic mass is 35.5. The summed E-state index contributed by atoms with van der Waals surface area (Å²) in [5.74, 6) is 1.31. The van der Waals surface area contributed by atoms with Crippen LogP contribution in [-0.4, -0.2) is 25.7 Å². The third-order valence-corrected chi connectivity index (χ3v) is 6.06. The molecule has 0 bridgehead atoms. The van der Waals surface area contributed by atoms with Gasteiger partial charge in [-0.3, -0.25) is 0 Å². The van der Waals surface area contributed by atoms with E-state index in [4.69, 9.17) is 25.3 Å². The number of nitrogens with zero attached hydrogens (tertiary/aromatic N) is 2. The molecule has 0 saturated carbocycles. The van der Waals surface area contributed by atoms with Crippen molar-refractivity contribution in [2.45, 2.75) is 10.6 Å². The number of hydrogen-bond acceptors (Lipinski definition) is 7. The molecule has 0 spiro atoms. The predicted molar refractivity (Wildman–Crippen MR) is 106 cm³/mol. The molecule has 9 heteroatoms. The molecule has 0 aliphatic heterocycles. The van der Waals surface area contributed by atoms with E-state index < -0.39 is 9.84 Å². The molecule has 4 rings (SSSR count). The minimum absolute atomic E-state index is 0.140. The Labute approximate surface area is 171 Å². The van der Waals surface area contributed by atoms with E-state index in [0.29, 0.717) is 22.2 Å². The first-order valence-electron chi connectivity index (χ1n) is 8.51. The van der Waals surface area contributed by atoms with Crippen LogP contribution in [0.15, 0.2) is 74.5 Å². The minimum Gasteiger partial charge on any atom is -0.496 e. The van der Waals surface area contributed by atoms with E-state index in [1.54, 1.807) is 31.4 Å². The van der Waals surface area contributed by atoms with Crippen LogP contribution in [0.3, 0.4) is 0 Å². The van der Waals surface area contributed by atoms with Crippen molar-refractivity contribution < 1.29 is 22.1 Å². The van der Waals surface area contributed by atoms with E-state index in [-0.39, 0.29) is 28.1 Å². The third-order valence-electron chi connectivity index (χ3n) is 4.15. The number of aromatic nitrogens is 2. The van der Waals surface area contributed by atoms with E-state index in [1.807, 2.05) is 12.1 Å². The van der Waals surface area contributed by atoms with Crippen LogP contribution in [0.5, 0.6) is 5.75 Å². The fraction of sp³-hybridized carbons (Fsp3) is 0.100. The number of para-hydroxylation sites is 1. The first kappa shape index (κ1) is 19.2. The maximum atomic E-state index is 12.5. The van der Waals surface area contributed by atoms with Crippen molar-refractivity contribution in [1.82, 2.24) is 10.1 Å². The summed E-state index contributed by atoms with van der Waals surface area (Å²) in [4.78, 5) is 4.48. The fourth-order valence-electron chi connectivity index (χ4n) is 2.75. The second-order valence-electron chi connectivity index (χ2n) is 6.10. The molecule has 0 amide bonds. The molecule has 29 heavy (non-hydrogen) atoms. The van der Waals surface area contributed by atoms with Gasteiger partial charge in [-0.05, 0) is 48.5 Å². The number of benzene rings is 2. The number of methoxy groups -OCH3 is 1. The van der Waals surface area contributed by atoms with Crippen molar-refractivity contribution in [2.75, 3.05) is 7.11 Å². The van der Waals surface area contributed by atoms with Crippen LogP contribution in [0.2, 0.25) is 5.02 Å². The van der Waals surface area contributed by atoms with Crippen molar-refractivity contribution >= 4 is 21.4 Å². The van der Waals surface area contributed by atoms with E-state index in [0.717, 1.165) is 0 Å². The molecule has 4 aromatic rings. The second-order valence-corrected chi connectivity index (χ2v) is 8.53. The quantitative estimate of drug-likeness (QED) is 0.440. The van der Waals surface area contributed by atoms with Crippen LogP contribution in [-0.2, 0) is 15.6 Å². The summed E-state index contributed by atoms with van der Waals surface area (Å²) in [6.45, 7) is 0. The summed E-state index contributed by atoms with van der Waals surface area (Å²) in [6.07, 6.45) is 0. The normalized spacial score (nSPS) is 11.5. The lowest BCUT2D eigenvalue weighted by Crippen LogP contribution is -2.03. The SMILES string of the molecule is COc1ccccc1-c1noc(-c2ccc(CS(=O)(=O)c3ccc(Cl)cc3)o2)n1. The molecular formula is C20H15ClN2O5S. The van der Waals surface area contributed by atoms with Crippen LogP contribution in [0.1, 0.15) is 5.76 Å². The molecule has 0 N–H and O–H groups in total. The minimum atomic E-state index is -3.58. The largest absolute Gasteiger partial charge is 0.496 e. The highest BCUT2D eigenvalue weighted by Crippen LogP contribution is 2.30. The summed E-state index contributed by atoms with van der Waals surface area (Å²) < 4.78 is 41.3. The number of hydrogen-bond donors (Lipinski definition) is 0. The molecule has 2 aromatic carbocycles. The third kappa shape index (κ3) is 4.03. The molecule has 148 valence electrons. The molecular weight excluding hydrogens is 416 g/mol. The molecule has 0 aliphatic rings. The van der Waals surface area contributed by atoms with Crippen LogP contribution < -0.4 is 4.74 Å². The molecule has 0 radical (unpaired) electrons. The maximum absolute atomic E-state index is 12.5. The molecule has 0 saturated heterocycles. The van der Waals surface area contributed by atoms with Gasteiger partial charge >= 0.3 is 0 Å². The fourth-order valence-corrected chi connectivity index (χ4v) is 4.12. The van der Waals surface area contributed by atoms with E-state index in [1.165, 1.54) is 24.3 Å². The number of furan rings is 1. The summed E-state index contributed by atoms with van der Waals surface area (Å²) in [6, 6.07) is 16.4. The van der Waals surface area contributed by atoms with Gasteiger partial charge in [0, 0.05) is 5.02 Å². The molecule has 2 heterocycles. The monoisotopic (exact) mass is 430 g/mol. The van der Waals surface area contributed by atoms with Crippen molar-refractivity contribution in [3.8, 4) is 28.8 Å². The van der Waals surface area contributed by atoms with Crippen molar-refractivity contribution in [1.29, 1.82) is 0 Å². The average molecular weight is 431 g/mol. The van der Waals surface area contributed by atoms with Gasteiger partial charge in [0.1, 0.15) is 17.3 Å². The number of sulfone groups is 1. The van der Waals surface area contributed by atoms with Gasteiger partial charge < -0.3 is 13.7 Å². The van der Waals surface area contributed by atoms with Crippen molar-refractivity contribution in [3.63, 3.8) is 0 Å². The lowest BCUT2D eigenvalue weighted by Gasteiger charge is -2.03. The van der Waals surface area contributed by atoms with Crippen molar-refractivity contribution in [3.05, 3.63) is 71.4 Å². The molecule has 0 fully saturated rings. The summed E-state index contributed by atoms with van der Waals surface area (Å²) in [5.41, 5.74) is 0.669. The Bertz CT molecular complexity index is 1250. The van der Waals surface area contributed by atoms with Gasteiger partial charge in [0.25, 0.3) is 5.89 Å². The second kappa shape index (κ2) is 7.73. The Morgan fingerprint density at radius 3 is 2.55 bits per heavy atom. The first-order chi connectivity index (χ1) is 14.0. The smallest absolute Gasteiger partial charge is 0.293 e. The Morgan fingerprint density at radius 2 is 1.79 bits per heavy atom. The molecule has 0 aliphatic carbocycles. The maximum Gasteiger partial charge on any atom is 0.293 e. The Morgan fingerprint density at radius 1 is 1.03 bits per heavy atom. The zero-order valence-electron chi connectivity index (χ0n) is 15.2. The van der Waals surface area contributed by atoms with Gasteiger partial charge in [0.15, 0.2) is 15.6 Å². The average Bonchev–Trinajstić information content (AvgIpc) is 3.37. The molecule has 0 atom stereocenters. The highest BCUT2D eigenvalue weighted by Gasteiger charge is 2.20. The highest BCUT2D eigenvalue weighted by molar-refractivity contribution is 7.90. The zero-order chi connectivity index (χ0) is 20.4. The molecule has 0 unspecified atom stereocenters. The lowest BCUT2D eigenvalue weighted by atomic mass is 10.2. The number of rotatable bonds is 6. The van der Waals surface area contributed by atoms with Gasteiger partial charge in [0.2, 0.25) is 5.82 Å². The Balaban J connectivity index is 1.57. The van der Waals surface area contributed by atoms with E-state index >= 15 is 0 Å². The predicted octanol–water partition coefficient (Wildman–Crippen LogP) is 4.63. The first-order valence-corrected chi connectivity index (χ1v) is 10.5. The van der Waals surface area contributed by atoms with Gasteiger partial charge in [-0.1, -0.05) is 28.9 Å². The number of halogens is 1.